The van der Waals surface area contributed by atoms with Gasteiger partial charge in [0.2, 0.25) is 0 Å². The molecule has 1 saturated heterocycles. The number of pyridine rings is 2. The molecule has 0 radical (unpaired) electrons. The molecular formula is C25H24N4OS. The molecule has 0 saturated carbocycles. The molecule has 1 aliphatic rings. The highest BCUT2D eigenvalue weighted by atomic mass is 32.1. The smallest absolute Gasteiger partial charge is 0.254 e. The van der Waals surface area contributed by atoms with Crippen molar-refractivity contribution in [3.05, 3.63) is 82.2 Å². The van der Waals surface area contributed by atoms with E-state index >= 15 is 0 Å². The predicted molar refractivity (Wildman–Crippen MR) is 125 cm³/mol. The molecule has 3 aromatic heterocycles. The lowest BCUT2D eigenvalue weighted by molar-refractivity contribution is 0.0631. The summed E-state index contributed by atoms with van der Waals surface area (Å²) in [5.41, 5.74) is 4.17. The zero-order valence-corrected chi connectivity index (χ0v) is 18.3. The summed E-state index contributed by atoms with van der Waals surface area (Å²) in [5.74, 6) is 0.0750. The number of hydrogen-bond donors (Lipinski definition) is 0. The lowest BCUT2D eigenvalue weighted by Crippen LogP contribution is -2.48. The SMILES string of the molecule is Cc1ccc2nc(-c3ccccn3)cc(C(=O)N3CCN(Cc4cccs4)CC3)c2c1. The van der Waals surface area contributed by atoms with Crippen LogP contribution in [0.25, 0.3) is 22.3 Å². The van der Waals surface area contributed by atoms with Gasteiger partial charge in [-0.3, -0.25) is 14.7 Å². The topological polar surface area (TPSA) is 49.3 Å². The van der Waals surface area contributed by atoms with Crippen molar-refractivity contribution < 1.29 is 4.79 Å². The average Bonchev–Trinajstić information content (AvgIpc) is 3.32. The van der Waals surface area contributed by atoms with Gasteiger partial charge in [-0.05, 0) is 48.7 Å². The van der Waals surface area contributed by atoms with E-state index in [4.69, 9.17) is 4.98 Å². The van der Waals surface area contributed by atoms with Crippen molar-refractivity contribution in [2.75, 3.05) is 26.2 Å². The fourth-order valence-corrected chi connectivity index (χ4v) is 4.81. The van der Waals surface area contributed by atoms with Gasteiger partial charge in [-0.2, -0.15) is 0 Å². The van der Waals surface area contributed by atoms with Crippen LogP contribution in [0.15, 0.2) is 66.2 Å². The third-order valence-electron chi connectivity index (χ3n) is 5.74. The van der Waals surface area contributed by atoms with Gasteiger partial charge in [-0.25, -0.2) is 4.98 Å². The van der Waals surface area contributed by atoms with Gasteiger partial charge in [0.15, 0.2) is 0 Å². The normalized spacial score (nSPS) is 14.8. The number of aryl methyl sites for hydroxylation is 1. The van der Waals surface area contributed by atoms with Crippen molar-refractivity contribution in [1.82, 2.24) is 19.8 Å². The Bertz CT molecular complexity index is 1200. The lowest BCUT2D eigenvalue weighted by Gasteiger charge is -2.34. The van der Waals surface area contributed by atoms with Gasteiger partial charge in [-0.15, -0.1) is 11.3 Å². The second-order valence-electron chi connectivity index (χ2n) is 7.94. The summed E-state index contributed by atoms with van der Waals surface area (Å²) in [4.78, 5) is 28.6. The van der Waals surface area contributed by atoms with Gasteiger partial charge in [-0.1, -0.05) is 23.8 Å². The number of aromatic nitrogens is 2. The Morgan fingerprint density at radius 2 is 1.87 bits per heavy atom. The Labute approximate surface area is 186 Å². The summed E-state index contributed by atoms with van der Waals surface area (Å²) in [6.07, 6.45) is 1.75. The first-order chi connectivity index (χ1) is 15.2. The number of rotatable bonds is 4. The number of benzene rings is 1. The minimum atomic E-state index is 0.0750. The second-order valence-corrected chi connectivity index (χ2v) is 8.97. The van der Waals surface area contributed by atoms with Gasteiger partial charge in [0.1, 0.15) is 0 Å². The molecule has 31 heavy (non-hydrogen) atoms. The third kappa shape index (κ3) is 4.22. The van der Waals surface area contributed by atoms with Gasteiger partial charge in [0, 0.05) is 49.2 Å². The van der Waals surface area contributed by atoms with Crippen molar-refractivity contribution in [3.8, 4) is 11.4 Å². The number of nitrogens with zero attached hydrogens (tertiary/aromatic N) is 4. The first-order valence-corrected chi connectivity index (χ1v) is 11.4. The minimum absolute atomic E-state index is 0.0750. The Kier molecular flexibility index (Phi) is 5.49. The van der Waals surface area contributed by atoms with E-state index in [0.29, 0.717) is 5.56 Å². The van der Waals surface area contributed by atoms with E-state index in [0.717, 1.165) is 60.6 Å². The number of carbonyl (C=O) groups excluding carboxylic acids is 1. The van der Waals surface area contributed by atoms with Crippen LogP contribution in [0, 0.1) is 6.92 Å². The molecule has 4 aromatic rings. The molecular weight excluding hydrogens is 404 g/mol. The zero-order chi connectivity index (χ0) is 21.2. The van der Waals surface area contributed by atoms with Crippen LogP contribution in [-0.2, 0) is 6.54 Å². The largest absolute Gasteiger partial charge is 0.336 e. The molecule has 4 heterocycles. The van der Waals surface area contributed by atoms with Crippen molar-refractivity contribution in [1.29, 1.82) is 0 Å². The lowest BCUT2D eigenvalue weighted by atomic mass is 10.0. The van der Waals surface area contributed by atoms with Crippen molar-refractivity contribution >= 4 is 28.1 Å². The van der Waals surface area contributed by atoms with Gasteiger partial charge < -0.3 is 4.90 Å². The number of carbonyl (C=O) groups is 1. The number of thiophene rings is 1. The van der Waals surface area contributed by atoms with Gasteiger partial charge in [0.05, 0.1) is 22.5 Å². The van der Waals surface area contributed by atoms with E-state index in [9.17, 15) is 4.79 Å². The predicted octanol–water partition coefficient (Wildman–Crippen LogP) is 4.62. The Morgan fingerprint density at radius 3 is 2.61 bits per heavy atom. The summed E-state index contributed by atoms with van der Waals surface area (Å²) < 4.78 is 0. The maximum atomic E-state index is 13.6. The molecule has 0 N–H and O–H groups in total. The standard InChI is InChI=1S/C25H24N4OS/c1-18-7-8-22-20(15-18)21(16-24(27-22)23-6-2-3-9-26-23)25(30)29-12-10-28(11-13-29)17-19-5-4-14-31-19/h2-9,14-16H,10-13,17H2,1H3. The molecule has 0 aliphatic carbocycles. The molecule has 0 unspecified atom stereocenters. The van der Waals surface area contributed by atoms with Crippen LogP contribution in [0.3, 0.4) is 0 Å². The summed E-state index contributed by atoms with van der Waals surface area (Å²) >= 11 is 1.79. The monoisotopic (exact) mass is 428 g/mol. The molecule has 0 atom stereocenters. The molecule has 1 amide bonds. The molecule has 1 fully saturated rings. The minimum Gasteiger partial charge on any atom is -0.336 e. The highest BCUT2D eigenvalue weighted by Crippen LogP contribution is 2.26. The number of amides is 1. The third-order valence-corrected chi connectivity index (χ3v) is 6.60. The Hall–Kier alpha value is -3.09. The maximum absolute atomic E-state index is 13.6. The first-order valence-electron chi connectivity index (χ1n) is 10.5. The van der Waals surface area contributed by atoms with Crippen LogP contribution in [0.1, 0.15) is 20.8 Å². The Morgan fingerprint density at radius 1 is 1.00 bits per heavy atom. The molecule has 0 bridgehead atoms. The summed E-state index contributed by atoms with van der Waals surface area (Å²) in [7, 11) is 0. The number of piperazine rings is 1. The van der Waals surface area contributed by atoms with Crippen molar-refractivity contribution in [3.63, 3.8) is 0 Å². The highest BCUT2D eigenvalue weighted by Gasteiger charge is 2.24. The van der Waals surface area contributed by atoms with Crippen molar-refractivity contribution in [2.24, 2.45) is 0 Å². The van der Waals surface area contributed by atoms with Crippen LogP contribution in [0.5, 0.6) is 0 Å². The summed E-state index contributed by atoms with van der Waals surface area (Å²) in [6.45, 7) is 6.25. The Balaban J connectivity index is 1.43. The fraction of sp³-hybridized carbons (Fsp3) is 0.240. The van der Waals surface area contributed by atoms with E-state index in [2.05, 4.69) is 33.5 Å². The maximum Gasteiger partial charge on any atom is 0.254 e. The van der Waals surface area contributed by atoms with Gasteiger partial charge in [0.25, 0.3) is 5.91 Å². The van der Waals surface area contributed by atoms with E-state index in [-0.39, 0.29) is 5.91 Å². The average molecular weight is 429 g/mol. The second kappa shape index (κ2) is 8.57. The molecule has 156 valence electrons. The highest BCUT2D eigenvalue weighted by molar-refractivity contribution is 7.09. The number of hydrogen-bond acceptors (Lipinski definition) is 5. The molecule has 5 nitrogen and oxygen atoms in total. The fourth-order valence-electron chi connectivity index (χ4n) is 4.06. The van der Waals surface area contributed by atoms with Crippen LogP contribution < -0.4 is 0 Å². The molecule has 5 rings (SSSR count). The molecule has 1 aliphatic heterocycles. The summed E-state index contributed by atoms with van der Waals surface area (Å²) in [6, 6.07) is 18.0. The van der Waals surface area contributed by atoms with E-state index < -0.39 is 0 Å². The van der Waals surface area contributed by atoms with E-state index in [1.807, 2.05) is 48.2 Å². The van der Waals surface area contributed by atoms with E-state index in [1.165, 1.54) is 4.88 Å². The molecule has 1 aromatic carbocycles. The molecule has 6 heteroatoms. The first kappa shape index (κ1) is 19.8. The van der Waals surface area contributed by atoms with Crippen LogP contribution in [-0.4, -0.2) is 51.9 Å². The summed E-state index contributed by atoms with van der Waals surface area (Å²) in [5, 5.41) is 3.02. The number of fused-ring (bicyclic) bond motifs is 1. The van der Waals surface area contributed by atoms with Crippen LogP contribution in [0.2, 0.25) is 0 Å². The zero-order valence-electron chi connectivity index (χ0n) is 17.5. The quantitative estimate of drug-likeness (QED) is 0.476. The molecule has 0 spiro atoms. The van der Waals surface area contributed by atoms with Crippen LogP contribution >= 0.6 is 11.3 Å². The van der Waals surface area contributed by atoms with Crippen molar-refractivity contribution in [2.45, 2.75) is 13.5 Å². The van der Waals surface area contributed by atoms with Gasteiger partial charge >= 0.3 is 0 Å². The van der Waals surface area contributed by atoms with Crippen LogP contribution in [0.4, 0.5) is 0 Å². The van der Waals surface area contributed by atoms with E-state index in [1.54, 1.807) is 17.5 Å².